The zero-order valence-corrected chi connectivity index (χ0v) is 25.7. The molecule has 1 N–H and O–H groups in total. The summed E-state index contributed by atoms with van der Waals surface area (Å²) in [4.78, 5) is 25.3. The predicted molar refractivity (Wildman–Crippen MR) is 166 cm³/mol. The van der Waals surface area contributed by atoms with E-state index < -0.39 is 14.5 Å². The molecule has 10 nitrogen and oxygen atoms in total. The summed E-state index contributed by atoms with van der Waals surface area (Å²) in [6.45, 7) is 11.2. The molecule has 1 aromatic carbocycles. The summed E-state index contributed by atoms with van der Waals surface area (Å²) in [7, 11) is -1.31. The number of carbonyl (C=O) groups excluding carboxylic acids is 1. The molecule has 1 amide bonds. The van der Waals surface area contributed by atoms with Gasteiger partial charge >= 0.3 is 0 Å². The average Bonchev–Trinajstić information content (AvgIpc) is 3.56. The topological polar surface area (TPSA) is 109 Å². The van der Waals surface area contributed by atoms with Gasteiger partial charge in [0.05, 0.1) is 18.4 Å². The molecule has 0 aliphatic rings. The molecule has 4 heterocycles. The van der Waals surface area contributed by atoms with Crippen molar-refractivity contribution in [3.63, 3.8) is 0 Å². The molecular weight excluding hydrogens is 584 g/mol. The molecule has 0 aliphatic heterocycles. The van der Waals surface area contributed by atoms with Gasteiger partial charge in [-0.25, -0.2) is 18.7 Å². The van der Waals surface area contributed by atoms with Crippen molar-refractivity contribution >= 4 is 30.8 Å². The third-order valence-corrected chi connectivity index (χ3v) is 8.32. The van der Waals surface area contributed by atoms with Crippen molar-refractivity contribution in [1.82, 2.24) is 29.3 Å². The molecule has 44 heavy (non-hydrogen) atoms. The number of aromatic nitrogens is 6. The van der Waals surface area contributed by atoms with E-state index in [0.717, 1.165) is 6.04 Å². The number of anilines is 1. The highest BCUT2D eigenvalue weighted by atomic mass is 28.3. The second-order valence-electron chi connectivity index (χ2n) is 11.3. The number of rotatable bonds is 13. The molecule has 5 rings (SSSR count). The van der Waals surface area contributed by atoms with Gasteiger partial charge in [0.15, 0.2) is 5.65 Å². The SMILES string of the molecule is C=CC(=O)Nc1cccc(Oc2cnc3c(n2)c(-c2cn(Cc4ccccn4)nc2C(F)F)cn3COCC[Si](C)(C)C)c1. The van der Waals surface area contributed by atoms with Crippen molar-refractivity contribution in [2.24, 2.45) is 0 Å². The number of hydrogen-bond donors (Lipinski definition) is 1. The van der Waals surface area contributed by atoms with Crippen LogP contribution in [0.3, 0.4) is 0 Å². The van der Waals surface area contributed by atoms with Crippen molar-refractivity contribution in [1.29, 1.82) is 0 Å². The lowest BCUT2D eigenvalue weighted by Crippen LogP contribution is -2.22. The van der Waals surface area contributed by atoms with E-state index in [1.165, 1.54) is 17.0 Å². The standard InChI is InChI=1S/C31H33F2N7O3Si/c1-5-26(41)36-21-10-8-11-23(15-21)43-27-16-35-31-29(37-27)24(18-39(31)20-42-13-14-44(2,3)4)25-19-40(38-28(25)30(32)33)17-22-9-6-7-12-34-22/h5-12,15-16,18-19,30H,1,13-14,17,20H2,2-4H3,(H,36,41). The first-order valence-corrected chi connectivity index (χ1v) is 17.7. The van der Waals surface area contributed by atoms with Crippen molar-refractivity contribution < 1.29 is 23.0 Å². The van der Waals surface area contributed by atoms with Gasteiger partial charge in [-0.3, -0.25) is 14.5 Å². The summed E-state index contributed by atoms with van der Waals surface area (Å²) in [5.74, 6) is 0.176. The smallest absolute Gasteiger partial charge is 0.282 e. The Bertz CT molecular complexity index is 1770. The van der Waals surface area contributed by atoms with Gasteiger partial charge in [-0.05, 0) is 36.4 Å². The Labute approximate surface area is 254 Å². The number of halogens is 2. The second kappa shape index (κ2) is 13.3. The molecule has 0 radical (unpaired) electrons. The van der Waals surface area contributed by atoms with Crippen LogP contribution in [0.4, 0.5) is 14.5 Å². The molecule has 0 fully saturated rings. The number of benzene rings is 1. The number of nitrogens with one attached hydrogen (secondary N) is 1. The number of nitrogens with zero attached hydrogens (tertiary/aromatic N) is 6. The molecule has 0 bridgehead atoms. The first kappa shape index (κ1) is 30.7. The summed E-state index contributed by atoms with van der Waals surface area (Å²) in [6, 6.07) is 13.1. The summed E-state index contributed by atoms with van der Waals surface area (Å²) < 4.78 is 43.8. The van der Waals surface area contributed by atoms with Gasteiger partial charge in [0, 0.05) is 56.2 Å². The highest BCUT2D eigenvalue weighted by Crippen LogP contribution is 2.36. The number of fused-ring (bicyclic) bond motifs is 1. The highest BCUT2D eigenvalue weighted by molar-refractivity contribution is 6.76. The fraction of sp³-hybridized carbons (Fsp3) is 0.258. The quantitative estimate of drug-likeness (QED) is 0.0869. The number of hydrogen-bond acceptors (Lipinski definition) is 7. The van der Waals surface area contributed by atoms with Crippen molar-refractivity contribution in [2.75, 3.05) is 11.9 Å². The van der Waals surface area contributed by atoms with E-state index in [1.54, 1.807) is 59.6 Å². The van der Waals surface area contributed by atoms with Gasteiger partial charge in [0.2, 0.25) is 11.8 Å². The molecule has 0 saturated heterocycles. The maximum atomic E-state index is 14.3. The largest absolute Gasteiger partial charge is 0.437 e. The first-order valence-electron chi connectivity index (χ1n) is 14.0. The summed E-state index contributed by atoms with van der Waals surface area (Å²) in [5.41, 5.74) is 2.26. The van der Waals surface area contributed by atoms with E-state index in [4.69, 9.17) is 9.47 Å². The lowest BCUT2D eigenvalue weighted by Gasteiger charge is -2.15. The third kappa shape index (κ3) is 7.60. The molecular formula is C31H33F2N7O3Si. The zero-order chi connectivity index (χ0) is 31.3. The maximum absolute atomic E-state index is 14.3. The zero-order valence-electron chi connectivity index (χ0n) is 24.7. The van der Waals surface area contributed by atoms with E-state index in [0.29, 0.717) is 40.5 Å². The summed E-state index contributed by atoms with van der Waals surface area (Å²) in [6.07, 6.45) is 4.72. The first-order chi connectivity index (χ1) is 21.1. The van der Waals surface area contributed by atoms with E-state index in [1.807, 2.05) is 6.07 Å². The molecule has 228 valence electrons. The van der Waals surface area contributed by atoms with Crippen LogP contribution < -0.4 is 10.1 Å². The van der Waals surface area contributed by atoms with Gasteiger partial charge in [0.1, 0.15) is 23.7 Å². The van der Waals surface area contributed by atoms with Crippen LogP contribution in [0.15, 0.2) is 79.9 Å². The monoisotopic (exact) mass is 617 g/mol. The van der Waals surface area contributed by atoms with E-state index in [2.05, 4.69) is 51.6 Å². The maximum Gasteiger partial charge on any atom is 0.282 e. The predicted octanol–water partition coefficient (Wildman–Crippen LogP) is 6.90. The number of ether oxygens (including phenoxy) is 2. The van der Waals surface area contributed by atoms with E-state index in [9.17, 15) is 13.6 Å². The van der Waals surface area contributed by atoms with Crippen LogP contribution in [-0.2, 0) is 22.8 Å². The molecule has 5 aromatic rings. The van der Waals surface area contributed by atoms with Crippen LogP contribution in [0.1, 0.15) is 17.8 Å². The molecule has 0 spiro atoms. The van der Waals surface area contributed by atoms with Crippen LogP contribution >= 0.6 is 0 Å². The number of alkyl halides is 2. The molecule has 4 aromatic heterocycles. The van der Waals surface area contributed by atoms with Crippen LogP contribution in [0.5, 0.6) is 11.6 Å². The Hall–Kier alpha value is -4.75. The van der Waals surface area contributed by atoms with Crippen molar-refractivity contribution in [3.05, 3.63) is 91.3 Å². The Balaban J connectivity index is 1.52. The molecule has 0 aliphatic carbocycles. The average molecular weight is 618 g/mol. The van der Waals surface area contributed by atoms with Crippen LogP contribution in [0.2, 0.25) is 25.7 Å². The van der Waals surface area contributed by atoms with Crippen LogP contribution in [0.25, 0.3) is 22.3 Å². The Kier molecular flexibility index (Phi) is 9.25. The summed E-state index contributed by atoms with van der Waals surface area (Å²) in [5, 5.41) is 6.88. The normalized spacial score (nSPS) is 11.7. The second-order valence-corrected chi connectivity index (χ2v) is 16.9. The summed E-state index contributed by atoms with van der Waals surface area (Å²) >= 11 is 0. The van der Waals surface area contributed by atoms with Gasteiger partial charge < -0.3 is 19.4 Å². The van der Waals surface area contributed by atoms with Gasteiger partial charge in [-0.15, -0.1) is 0 Å². The Morgan fingerprint density at radius 3 is 2.68 bits per heavy atom. The molecule has 0 atom stereocenters. The fourth-order valence-corrected chi connectivity index (χ4v) is 5.17. The number of carbonyl (C=O) groups is 1. The van der Waals surface area contributed by atoms with E-state index in [-0.39, 0.29) is 36.3 Å². The minimum Gasteiger partial charge on any atom is -0.437 e. The minimum atomic E-state index is -2.83. The van der Waals surface area contributed by atoms with Crippen LogP contribution in [0, 0.1) is 0 Å². The molecule has 0 unspecified atom stereocenters. The van der Waals surface area contributed by atoms with Gasteiger partial charge in [-0.2, -0.15) is 5.10 Å². The highest BCUT2D eigenvalue weighted by Gasteiger charge is 2.25. The fourth-order valence-electron chi connectivity index (χ4n) is 4.42. The number of pyridine rings is 1. The lowest BCUT2D eigenvalue weighted by molar-refractivity contribution is -0.111. The molecule has 0 saturated carbocycles. The Morgan fingerprint density at radius 2 is 1.95 bits per heavy atom. The Morgan fingerprint density at radius 1 is 1.11 bits per heavy atom. The van der Waals surface area contributed by atoms with Gasteiger partial charge in [0.25, 0.3) is 6.43 Å². The molecule has 13 heteroatoms. The van der Waals surface area contributed by atoms with E-state index >= 15 is 0 Å². The lowest BCUT2D eigenvalue weighted by atomic mass is 10.1. The van der Waals surface area contributed by atoms with Gasteiger partial charge in [-0.1, -0.05) is 38.4 Å². The van der Waals surface area contributed by atoms with Crippen LogP contribution in [-0.4, -0.2) is 49.9 Å². The third-order valence-electron chi connectivity index (χ3n) is 6.62. The van der Waals surface area contributed by atoms with Crippen molar-refractivity contribution in [2.45, 2.75) is 45.4 Å². The van der Waals surface area contributed by atoms with Crippen molar-refractivity contribution in [3.8, 4) is 22.8 Å². The number of amides is 1. The minimum absolute atomic E-state index is 0.142.